The maximum atomic E-state index is 12.6. The predicted octanol–water partition coefficient (Wildman–Crippen LogP) is 3.58. The van der Waals surface area contributed by atoms with Gasteiger partial charge in [-0.15, -0.1) is 0 Å². The molecule has 110 valence electrons. The summed E-state index contributed by atoms with van der Waals surface area (Å²) in [6, 6.07) is 9.13. The van der Waals surface area contributed by atoms with Crippen LogP contribution in [-0.2, 0) is 0 Å². The van der Waals surface area contributed by atoms with Crippen molar-refractivity contribution in [2.75, 3.05) is 14.2 Å². The number of carbonyl (C=O) groups is 1. The zero-order valence-corrected chi connectivity index (χ0v) is 13.0. The molecule has 0 spiro atoms. The molecular weight excluding hydrogens is 288 g/mol. The first-order valence-corrected chi connectivity index (χ1v) is 6.93. The second-order valence-corrected chi connectivity index (χ2v) is 5.10. The van der Waals surface area contributed by atoms with Crippen molar-refractivity contribution in [3.8, 4) is 5.75 Å². The Morgan fingerprint density at radius 2 is 2.05 bits per heavy atom. The average Bonchev–Trinajstić information content (AvgIpc) is 2.53. The van der Waals surface area contributed by atoms with Gasteiger partial charge in [-0.3, -0.25) is 9.78 Å². The highest BCUT2D eigenvalue weighted by Crippen LogP contribution is 2.29. The first-order valence-electron chi connectivity index (χ1n) is 6.55. The van der Waals surface area contributed by atoms with Crippen molar-refractivity contribution >= 4 is 17.5 Å². The van der Waals surface area contributed by atoms with Crippen molar-refractivity contribution in [1.29, 1.82) is 0 Å². The largest absolute Gasteiger partial charge is 0.496 e. The van der Waals surface area contributed by atoms with Crippen molar-refractivity contribution in [2.24, 2.45) is 0 Å². The van der Waals surface area contributed by atoms with Gasteiger partial charge < -0.3 is 9.64 Å². The van der Waals surface area contributed by atoms with Crippen LogP contribution in [0.3, 0.4) is 0 Å². The minimum Gasteiger partial charge on any atom is -0.496 e. The first kappa shape index (κ1) is 15.3. The van der Waals surface area contributed by atoms with E-state index < -0.39 is 0 Å². The fourth-order valence-electron chi connectivity index (χ4n) is 2.13. The van der Waals surface area contributed by atoms with Gasteiger partial charge in [0.25, 0.3) is 5.91 Å². The first-order chi connectivity index (χ1) is 10.1. The zero-order valence-electron chi connectivity index (χ0n) is 12.2. The molecule has 2 aromatic rings. The number of para-hydroxylation sites is 1. The van der Waals surface area contributed by atoms with Crippen molar-refractivity contribution in [3.05, 3.63) is 58.9 Å². The molecule has 0 saturated carbocycles. The second kappa shape index (κ2) is 6.59. The van der Waals surface area contributed by atoms with Crippen LogP contribution in [0, 0.1) is 0 Å². The van der Waals surface area contributed by atoms with E-state index in [1.54, 1.807) is 31.3 Å². The van der Waals surface area contributed by atoms with Gasteiger partial charge in [0.05, 0.1) is 23.7 Å². The SMILES string of the molecule is COc1ccccc1C(C)N(C)C(=O)c1ccncc1Cl. The molecule has 1 atom stereocenters. The minimum absolute atomic E-state index is 0.141. The summed E-state index contributed by atoms with van der Waals surface area (Å²) in [6.45, 7) is 1.95. The lowest BCUT2D eigenvalue weighted by molar-refractivity contribution is 0.0741. The van der Waals surface area contributed by atoms with Crippen molar-refractivity contribution in [2.45, 2.75) is 13.0 Å². The van der Waals surface area contributed by atoms with E-state index in [9.17, 15) is 4.79 Å². The minimum atomic E-state index is -0.152. The molecule has 1 aromatic carbocycles. The van der Waals surface area contributed by atoms with Crippen LogP contribution >= 0.6 is 11.6 Å². The van der Waals surface area contributed by atoms with Crippen LogP contribution in [0.5, 0.6) is 5.75 Å². The van der Waals surface area contributed by atoms with E-state index in [0.29, 0.717) is 10.6 Å². The van der Waals surface area contributed by atoms with Gasteiger partial charge in [-0.2, -0.15) is 0 Å². The Kier molecular flexibility index (Phi) is 4.81. The Morgan fingerprint density at radius 3 is 2.71 bits per heavy atom. The highest BCUT2D eigenvalue weighted by atomic mass is 35.5. The molecule has 2 rings (SSSR count). The Balaban J connectivity index is 2.29. The topological polar surface area (TPSA) is 42.4 Å². The molecule has 4 nitrogen and oxygen atoms in total. The molecule has 21 heavy (non-hydrogen) atoms. The van der Waals surface area contributed by atoms with E-state index >= 15 is 0 Å². The van der Waals surface area contributed by atoms with Gasteiger partial charge in [0, 0.05) is 25.0 Å². The summed E-state index contributed by atoms with van der Waals surface area (Å²) in [4.78, 5) is 18.1. The summed E-state index contributed by atoms with van der Waals surface area (Å²) in [7, 11) is 3.36. The number of carbonyl (C=O) groups excluding carboxylic acids is 1. The number of rotatable bonds is 4. The summed E-state index contributed by atoms with van der Waals surface area (Å²) in [5.41, 5.74) is 1.39. The summed E-state index contributed by atoms with van der Waals surface area (Å²) in [5, 5.41) is 0.349. The van der Waals surface area contributed by atoms with Crippen molar-refractivity contribution in [3.63, 3.8) is 0 Å². The number of benzene rings is 1. The third-order valence-electron chi connectivity index (χ3n) is 3.49. The Labute approximate surface area is 129 Å². The summed E-state index contributed by atoms with van der Waals surface area (Å²) >= 11 is 6.04. The summed E-state index contributed by atoms with van der Waals surface area (Å²) in [6.07, 6.45) is 3.02. The van der Waals surface area contributed by atoms with E-state index in [-0.39, 0.29) is 11.9 Å². The smallest absolute Gasteiger partial charge is 0.255 e. The maximum Gasteiger partial charge on any atom is 0.255 e. The lowest BCUT2D eigenvalue weighted by atomic mass is 10.1. The normalized spacial score (nSPS) is 11.8. The third-order valence-corrected chi connectivity index (χ3v) is 3.79. The monoisotopic (exact) mass is 304 g/mol. The van der Waals surface area contributed by atoms with Gasteiger partial charge in [-0.05, 0) is 19.1 Å². The van der Waals surface area contributed by atoms with Gasteiger partial charge >= 0.3 is 0 Å². The molecular formula is C16H17ClN2O2. The number of aromatic nitrogens is 1. The van der Waals surface area contributed by atoms with E-state index in [2.05, 4.69) is 4.98 Å². The van der Waals surface area contributed by atoms with E-state index in [1.807, 2.05) is 31.2 Å². The molecule has 1 unspecified atom stereocenters. The standard InChI is InChI=1S/C16H17ClN2O2/c1-11(12-6-4-5-7-15(12)21-3)19(2)16(20)13-8-9-18-10-14(13)17/h4-11H,1-3H3. The molecule has 0 radical (unpaired) electrons. The van der Waals surface area contributed by atoms with Crippen LogP contribution in [-0.4, -0.2) is 29.9 Å². The van der Waals surface area contributed by atoms with Crippen LogP contribution in [0.4, 0.5) is 0 Å². The quantitative estimate of drug-likeness (QED) is 0.867. The van der Waals surface area contributed by atoms with Gasteiger partial charge in [0.2, 0.25) is 0 Å². The Hall–Kier alpha value is -2.07. The summed E-state index contributed by atoms with van der Waals surface area (Å²) in [5.74, 6) is 0.603. The highest BCUT2D eigenvalue weighted by molar-refractivity contribution is 6.33. The summed E-state index contributed by atoms with van der Waals surface area (Å²) < 4.78 is 5.35. The molecule has 5 heteroatoms. The maximum absolute atomic E-state index is 12.6. The fraction of sp³-hybridized carbons (Fsp3) is 0.250. The number of hydrogen-bond donors (Lipinski definition) is 0. The lowest BCUT2D eigenvalue weighted by Gasteiger charge is -2.27. The van der Waals surface area contributed by atoms with Crippen LogP contribution in [0.1, 0.15) is 28.9 Å². The zero-order chi connectivity index (χ0) is 15.4. The molecule has 1 heterocycles. The van der Waals surface area contributed by atoms with E-state index in [4.69, 9.17) is 16.3 Å². The Bertz CT molecular complexity index is 646. The molecule has 0 aliphatic heterocycles. The molecule has 0 N–H and O–H groups in total. The van der Waals surface area contributed by atoms with Gasteiger partial charge in [-0.25, -0.2) is 0 Å². The number of halogens is 1. The van der Waals surface area contributed by atoms with Gasteiger partial charge in [0.15, 0.2) is 0 Å². The number of amides is 1. The average molecular weight is 305 g/mol. The fourth-order valence-corrected chi connectivity index (χ4v) is 2.33. The molecule has 0 aliphatic rings. The van der Waals surface area contributed by atoms with Gasteiger partial charge in [0.1, 0.15) is 5.75 Å². The number of nitrogens with zero attached hydrogens (tertiary/aromatic N) is 2. The van der Waals surface area contributed by atoms with Crippen LogP contribution in [0.25, 0.3) is 0 Å². The highest BCUT2D eigenvalue weighted by Gasteiger charge is 2.22. The second-order valence-electron chi connectivity index (χ2n) is 4.69. The molecule has 0 bridgehead atoms. The van der Waals surface area contributed by atoms with E-state index in [0.717, 1.165) is 11.3 Å². The molecule has 1 aromatic heterocycles. The number of methoxy groups -OCH3 is 1. The molecule has 0 fully saturated rings. The number of pyridine rings is 1. The van der Waals surface area contributed by atoms with Crippen LogP contribution in [0.15, 0.2) is 42.7 Å². The molecule has 1 amide bonds. The molecule has 0 aliphatic carbocycles. The molecule has 0 saturated heterocycles. The van der Waals surface area contributed by atoms with Crippen LogP contribution < -0.4 is 4.74 Å². The van der Waals surface area contributed by atoms with Crippen molar-refractivity contribution < 1.29 is 9.53 Å². The predicted molar refractivity (Wildman–Crippen MR) is 82.7 cm³/mol. The Morgan fingerprint density at radius 1 is 1.33 bits per heavy atom. The third kappa shape index (κ3) is 3.16. The lowest BCUT2D eigenvalue weighted by Crippen LogP contribution is -2.30. The van der Waals surface area contributed by atoms with Crippen molar-refractivity contribution in [1.82, 2.24) is 9.88 Å². The van der Waals surface area contributed by atoms with E-state index in [1.165, 1.54) is 6.20 Å². The van der Waals surface area contributed by atoms with Gasteiger partial charge in [-0.1, -0.05) is 29.8 Å². The number of hydrogen-bond acceptors (Lipinski definition) is 3. The van der Waals surface area contributed by atoms with Crippen LogP contribution in [0.2, 0.25) is 5.02 Å². The number of ether oxygens (including phenoxy) is 1.